The Labute approximate surface area is 161 Å². The summed E-state index contributed by atoms with van der Waals surface area (Å²) in [6.07, 6.45) is 2.44. The lowest BCUT2D eigenvalue weighted by atomic mass is 10.0. The Bertz CT molecular complexity index is 677. The molecule has 0 bridgehead atoms. The molecule has 1 amide bonds. The Morgan fingerprint density at radius 3 is 3.11 bits per heavy atom. The number of benzene rings is 1. The molecule has 1 saturated heterocycles. The first-order valence-electron chi connectivity index (χ1n) is 9.77. The van der Waals surface area contributed by atoms with E-state index >= 15 is 0 Å². The van der Waals surface area contributed by atoms with E-state index in [9.17, 15) is 4.79 Å². The highest BCUT2D eigenvalue weighted by atomic mass is 16.5. The van der Waals surface area contributed by atoms with Crippen molar-refractivity contribution in [1.29, 1.82) is 0 Å². The Morgan fingerprint density at radius 1 is 1.41 bits per heavy atom. The minimum Gasteiger partial charge on any atom is -0.492 e. The third-order valence-corrected chi connectivity index (χ3v) is 4.92. The van der Waals surface area contributed by atoms with Gasteiger partial charge in [-0.15, -0.1) is 0 Å². The quantitative estimate of drug-likeness (QED) is 0.433. The van der Waals surface area contributed by atoms with Crippen LogP contribution in [0.5, 0.6) is 5.75 Å². The van der Waals surface area contributed by atoms with Crippen LogP contribution in [0.15, 0.2) is 23.2 Å². The second-order valence-corrected chi connectivity index (χ2v) is 7.01. The Kier molecular flexibility index (Phi) is 6.92. The van der Waals surface area contributed by atoms with Gasteiger partial charge in [-0.25, -0.2) is 4.99 Å². The first-order chi connectivity index (χ1) is 13.2. The average Bonchev–Trinajstić information content (AvgIpc) is 3.13. The summed E-state index contributed by atoms with van der Waals surface area (Å²) in [6.45, 7) is 6.85. The van der Waals surface area contributed by atoms with Crippen molar-refractivity contribution in [3.63, 3.8) is 0 Å². The molecule has 1 unspecified atom stereocenters. The second-order valence-electron chi connectivity index (χ2n) is 7.01. The van der Waals surface area contributed by atoms with Gasteiger partial charge in [0.25, 0.3) is 0 Å². The Balaban J connectivity index is 1.50. The van der Waals surface area contributed by atoms with Gasteiger partial charge in [-0.2, -0.15) is 0 Å². The Morgan fingerprint density at radius 2 is 2.30 bits per heavy atom. The molecule has 2 N–H and O–H groups in total. The topological polar surface area (TPSA) is 75.2 Å². The summed E-state index contributed by atoms with van der Waals surface area (Å²) in [7, 11) is 1.76. The fourth-order valence-electron chi connectivity index (χ4n) is 3.59. The number of anilines is 1. The third-order valence-electron chi connectivity index (χ3n) is 4.92. The molecular formula is C20H30N4O3. The van der Waals surface area contributed by atoms with E-state index in [1.807, 2.05) is 18.2 Å². The number of hydrogen-bond acceptors (Lipinski definition) is 4. The molecule has 0 spiro atoms. The maximum absolute atomic E-state index is 11.4. The molecule has 3 rings (SSSR count). The summed E-state index contributed by atoms with van der Waals surface area (Å²) in [5.74, 6) is 2.43. The fourth-order valence-corrected chi connectivity index (χ4v) is 3.59. The zero-order valence-electron chi connectivity index (χ0n) is 16.3. The summed E-state index contributed by atoms with van der Waals surface area (Å²) < 4.78 is 11.1. The summed E-state index contributed by atoms with van der Waals surface area (Å²) in [4.78, 5) is 18.4. The van der Waals surface area contributed by atoms with E-state index in [0.717, 1.165) is 62.0 Å². The largest absolute Gasteiger partial charge is 0.492 e. The number of aliphatic imine (C=N–C) groups is 1. The van der Waals surface area contributed by atoms with E-state index in [-0.39, 0.29) is 5.91 Å². The van der Waals surface area contributed by atoms with Crippen LogP contribution in [0, 0.1) is 5.92 Å². The number of amides is 1. The maximum Gasteiger partial charge on any atom is 0.224 e. The normalized spacial score (nSPS) is 19.6. The van der Waals surface area contributed by atoms with Crippen molar-refractivity contribution >= 4 is 17.6 Å². The number of fused-ring (bicyclic) bond motifs is 1. The van der Waals surface area contributed by atoms with Gasteiger partial charge in [0.05, 0.1) is 13.2 Å². The first kappa shape index (κ1) is 19.5. The standard InChI is InChI=1S/C20H30N4O3/c1-3-21-20(24-10-8-15(13-24)14-26-2)22-9-11-27-17-5-6-18-16(12-17)4-7-19(25)23-18/h5-6,12,15H,3-4,7-11,13-14H2,1-2H3,(H,21,22)(H,23,25). The molecule has 0 radical (unpaired) electrons. The number of carbonyl (C=O) groups excluding carboxylic acids is 1. The van der Waals surface area contributed by atoms with Gasteiger partial charge in [0.1, 0.15) is 12.4 Å². The molecule has 1 atom stereocenters. The number of rotatable bonds is 7. The van der Waals surface area contributed by atoms with Gasteiger partial charge >= 0.3 is 0 Å². The molecular weight excluding hydrogens is 344 g/mol. The molecule has 2 aliphatic heterocycles. The zero-order valence-corrected chi connectivity index (χ0v) is 16.3. The highest BCUT2D eigenvalue weighted by molar-refractivity contribution is 5.94. The lowest BCUT2D eigenvalue weighted by Crippen LogP contribution is -2.40. The summed E-state index contributed by atoms with van der Waals surface area (Å²) in [5.41, 5.74) is 2.02. The number of ether oxygens (including phenoxy) is 2. The smallest absolute Gasteiger partial charge is 0.224 e. The molecule has 1 fully saturated rings. The van der Waals surface area contributed by atoms with Crippen LogP contribution in [0.4, 0.5) is 5.69 Å². The van der Waals surface area contributed by atoms with Gasteiger partial charge in [0.2, 0.25) is 5.91 Å². The molecule has 0 saturated carbocycles. The minimum atomic E-state index is 0.0797. The van der Waals surface area contributed by atoms with E-state index < -0.39 is 0 Å². The van der Waals surface area contributed by atoms with E-state index in [0.29, 0.717) is 25.5 Å². The van der Waals surface area contributed by atoms with Crippen molar-refractivity contribution in [2.45, 2.75) is 26.2 Å². The third kappa shape index (κ3) is 5.35. The number of nitrogens with zero attached hydrogens (tertiary/aromatic N) is 2. The lowest BCUT2D eigenvalue weighted by molar-refractivity contribution is -0.116. The van der Waals surface area contributed by atoms with Crippen molar-refractivity contribution in [3.05, 3.63) is 23.8 Å². The van der Waals surface area contributed by atoms with Crippen LogP contribution in [0.2, 0.25) is 0 Å². The van der Waals surface area contributed by atoms with Crippen LogP contribution >= 0.6 is 0 Å². The SMILES string of the molecule is CCNC(=NCCOc1ccc2c(c1)CCC(=O)N2)N1CCC(COC)C1. The predicted octanol–water partition coefficient (Wildman–Crippen LogP) is 1.88. The van der Waals surface area contributed by atoms with Crippen molar-refractivity contribution in [1.82, 2.24) is 10.2 Å². The summed E-state index contributed by atoms with van der Waals surface area (Å²) in [5, 5.41) is 6.26. The van der Waals surface area contributed by atoms with Gasteiger partial charge in [0, 0.05) is 44.8 Å². The number of hydrogen-bond donors (Lipinski definition) is 2. The molecule has 2 aliphatic rings. The number of nitrogens with one attached hydrogen (secondary N) is 2. The molecule has 27 heavy (non-hydrogen) atoms. The number of aryl methyl sites for hydroxylation is 1. The van der Waals surface area contributed by atoms with Crippen molar-refractivity contribution < 1.29 is 14.3 Å². The van der Waals surface area contributed by atoms with Gasteiger partial charge in [-0.1, -0.05) is 0 Å². The molecule has 2 heterocycles. The summed E-state index contributed by atoms with van der Waals surface area (Å²) >= 11 is 0. The second kappa shape index (κ2) is 9.60. The van der Waals surface area contributed by atoms with E-state index in [2.05, 4.69) is 22.5 Å². The van der Waals surface area contributed by atoms with Gasteiger partial charge in [-0.05, 0) is 43.5 Å². The van der Waals surface area contributed by atoms with Crippen LogP contribution in [0.1, 0.15) is 25.3 Å². The monoisotopic (exact) mass is 374 g/mol. The van der Waals surface area contributed by atoms with E-state index in [4.69, 9.17) is 14.5 Å². The Hall–Kier alpha value is -2.28. The van der Waals surface area contributed by atoms with Crippen molar-refractivity contribution in [2.24, 2.45) is 10.9 Å². The number of guanidine groups is 1. The van der Waals surface area contributed by atoms with Gasteiger partial charge in [0.15, 0.2) is 5.96 Å². The maximum atomic E-state index is 11.4. The van der Waals surface area contributed by atoms with Crippen LogP contribution in [-0.2, 0) is 16.0 Å². The molecule has 0 aliphatic carbocycles. The van der Waals surface area contributed by atoms with Crippen LogP contribution in [0.25, 0.3) is 0 Å². The zero-order chi connectivity index (χ0) is 19.1. The molecule has 7 nitrogen and oxygen atoms in total. The molecule has 148 valence electrons. The highest BCUT2D eigenvalue weighted by Crippen LogP contribution is 2.26. The predicted molar refractivity (Wildman–Crippen MR) is 106 cm³/mol. The van der Waals surface area contributed by atoms with Crippen LogP contribution in [-0.4, -0.2) is 63.3 Å². The van der Waals surface area contributed by atoms with Crippen LogP contribution < -0.4 is 15.4 Å². The number of methoxy groups -OCH3 is 1. The average molecular weight is 374 g/mol. The lowest BCUT2D eigenvalue weighted by Gasteiger charge is -2.21. The van der Waals surface area contributed by atoms with E-state index in [1.165, 1.54) is 0 Å². The van der Waals surface area contributed by atoms with Crippen molar-refractivity contribution in [2.75, 3.05) is 51.8 Å². The molecule has 1 aromatic rings. The van der Waals surface area contributed by atoms with Crippen molar-refractivity contribution in [3.8, 4) is 5.75 Å². The van der Waals surface area contributed by atoms with Gasteiger partial charge in [-0.3, -0.25) is 4.79 Å². The van der Waals surface area contributed by atoms with Gasteiger partial charge < -0.3 is 25.0 Å². The molecule has 1 aromatic carbocycles. The fraction of sp³-hybridized carbons (Fsp3) is 0.600. The molecule has 7 heteroatoms. The van der Waals surface area contributed by atoms with E-state index in [1.54, 1.807) is 7.11 Å². The summed E-state index contributed by atoms with van der Waals surface area (Å²) in [6, 6.07) is 5.82. The number of likely N-dealkylation sites (tertiary alicyclic amines) is 1. The minimum absolute atomic E-state index is 0.0797. The number of carbonyl (C=O) groups is 1. The highest BCUT2D eigenvalue weighted by Gasteiger charge is 2.24. The molecule has 0 aromatic heterocycles. The van der Waals surface area contributed by atoms with Crippen LogP contribution in [0.3, 0.4) is 0 Å². The first-order valence-corrected chi connectivity index (χ1v) is 9.77.